The van der Waals surface area contributed by atoms with Crippen LogP contribution in [0.4, 0.5) is 0 Å². The first-order chi connectivity index (χ1) is 10.2. The third-order valence-electron chi connectivity index (χ3n) is 3.89. The first kappa shape index (κ1) is 20.1. The van der Waals surface area contributed by atoms with Crippen LogP contribution in [0.3, 0.4) is 0 Å². The van der Waals surface area contributed by atoms with Gasteiger partial charge in [-0.1, -0.05) is 32.6 Å². The summed E-state index contributed by atoms with van der Waals surface area (Å²) in [5.74, 6) is 0.600. The highest BCUT2D eigenvalue weighted by molar-refractivity contribution is 5.78. The molecule has 0 aromatic rings. The highest BCUT2D eigenvalue weighted by Crippen LogP contribution is 2.23. The Balaban J connectivity index is 0.00000122. The molecule has 0 spiro atoms. The van der Waals surface area contributed by atoms with E-state index in [1.54, 1.807) is 0 Å². The molecule has 1 aliphatic carbocycles. The van der Waals surface area contributed by atoms with Gasteiger partial charge < -0.3 is 15.0 Å². The molecule has 0 bridgehead atoms. The quantitative estimate of drug-likeness (QED) is 0.553. The number of nitrogens with zero attached hydrogens (tertiary/aromatic N) is 1. The van der Waals surface area contributed by atoms with Gasteiger partial charge in [0.2, 0.25) is 5.91 Å². The van der Waals surface area contributed by atoms with E-state index in [0.29, 0.717) is 11.8 Å². The molecule has 0 saturated heterocycles. The fraction of sp³-hybridized carbons (Fsp3) is 0.882. The Labute approximate surface area is 130 Å². The van der Waals surface area contributed by atoms with Gasteiger partial charge in [0.25, 0.3) is 0 Å². The second kappa shape index (κ2) is 14.1. The zero-order valence-corrected chi connectivity index (χ0v) is 14.2. The number of nitrogens with one attached hydrogen (secondary N) is 1. The van der Waals surface area contributed by atoms with Crippen LogP contribution in [0.1, 0.15) is 65.2 Å². The summed E-state index contributed by atoms with van der Waals surface area (Å²) in [6.45, 7) is 6.77. The Kier molecular flexibility index (Phi) is 13.5. The van der Waals surface area contributed by atoms with Crippen LogP contribution >= 0.6 is 0 Å². The molecular formula is C17H34N2O2. The maximum absolute atomic E-state index is 11.9. The predicted octanol–water partition coefficient (Wildman–Crippen LogP) is 3.01. The lowest BCUT2D eigenvalue weighted by molar-refractivity contribution is -0.125. The number of rotatable bonds is 8. The molecule has 124 valence electrons. The third kappa shape index (κ3) is 11.4. The Morgan fingerprint density at radius 2 is 1.76 bits per heavy atom. The van der Waals surface area contributed by atoms with Gasteiger partial charge in [0.05, 0.1) is 0 Å². The van der Waals surface area contributed by atoms with E-state index < -0.39 is 0 Å². The van der Waals surface area contributed by atoms with Gasteiger partial charge in [-0.3, -0.25) is 4.79 Å². The second-order valence-corrected chi connectivity index (χ2v) is 5.87. The number of hydrogen-bond acceptors (Lipinski definition) is 3. The summed E-state index contributed by atoms with van der Waals surface area (Å²) >= 11 is 0. The minimum Gasteiger partial charge on any atom is -0.356 e. The normalized spacial score (nSPS) is 15.2. The first-order valence-electron chi connectivity index (χ1n) is 8.51. The molecule has 1 rings (SSSR count). The summed E-state index contributed by atoms with van der Waals surface area (Å²) in [6.07, 6.45) is 10.3. The largest absolute Gasteiger partial charge is 0.356 e. The van der Waals surface area contributed by atoms with E-state index in [2.05, 4.69) is 24.2 Å². The van der Waals surface area contributed by atoms with Gasteiger partial charge in [-0.15, -0.1) is 0 Å². The molecule has 0 atom stereocenters. The highest BCUT2D eigenvalue weighted by Gasteiger charge is 2.20. The van der Waals surface area contributed by atoms with Crippen LogP contribution < -0.4 is 5.32 Å². The van der Waals surface area contributed by atoms with Gasteiger partial charge in [0.1, 0.15) is 6.29 Å². The van der Waals surface area contributed by atoms with Gasteiger partial charge in [0, 0.05) is 12.5 Å². The number of aldehydes is 1. The Hall–Kier alpha value is -0.900. The van der Waals surface area contributed by atoms with Gasteiger partial charge in [-0.2, -0.15) is 0 Å². The lowest BCUT2D eigenvalue weighted by atomic mass is 9.89. The molecule has 1 saturated carbocycles. The van der Waals surface area contributed by atoms with Crippen molar-refractivity contribution in [1.29, 1.82) is 0 Å². The molecule has 4 heteroatoms. The summed E-state index contributed by atoms with van der Waals surface area (Å²) in [6, 6.07) is 0. The zero-order valence-electron chi connectivity index (χ0n) is 14.2. The fourth-order valence-electron chi connectivity index (χ4n) is 2.61. The van der Waals surface area contributed by atoms with Crippen LogP contribution in [0, 0.1) is 5.92 Å². The van der Waals surface area contributed by atoms with Crippen molar-refractivity contribution in [3.05, 3.63) is 0 Å². The van der Waals surface area contributed by atoms with Crippen molar-refractivity contribution in [2.24, 2.45) is 5.92 Å². The van der Waals surface area contributed by atoms with Crippen molar-refractivity contribution in [2.75, 3.05) is 26.7 Å². The second-order valence-electron chi connectivity index (χ2n) is 5.87. The molecule has 0 aliphatic heterocycles. The molecule has 0 aromatic heterocycles. The van der Waals surface area contributed by atoms with Crippen molar-refractivity contribution < 1.29 is 9.59 Å². The van der Waals surface area contributed by atoms with E-state index in [4.69, 9.17) is 4.79 Å². The average Bonchev–Trinajstić information content (AvgIpc) is 2.51. The van der Waals surface area contributed by atoms with Crippen LogP contribution in [0.25, 0.3) is 0 Å². The molecule has 0 radical (unpaired) electrons. The van der Waals surface area contributed by atoms with Gasteiger partial charge in [-0.25, -0.2) is 0 Å². The number of hydrogen-bond donors (Lipinski definition) is 1. The summed E-state index contributed by atoms with van der Waals surface area (Å²) in [7, 11) is 2.17. The van der Waals surface area contributed by atoms with Gasteiger partial charge >= 0.3 is 0 Å². The zero-order chi connectivity index (χ0) is 15.9. The first-order valence-corrected chi connectivity index (χ1v) is 8.51. The minimum atomic E-state index is 0.297. The van der Waals surface area contributed by atoms with E-state index in [0.717, 1.165) is 38.6 Å². The number of unbranched alkanes of at least 4 members (excludes halogenated alkanes) is 1. The molecule has 0 aromatic carbocycles. The van der Waals surface area contributed by atoms with E-state index in [-0.39, 0.29) is 0 Å². The molecular weight excluding hydrogens is 264 g/mol. The SMILES string of the molecule is CC=O.CCCCN(C)CCCNC(=O)C1CCCCC1. The smallest absolute Gasteiger partial charge is 0.223 e. The van der Waals surface area contributed by atoms with E-state index in [1.165, 1.54) is 45.6 Å². The van der Waals surface area contributed by atoms with Crippen LogP contribution in [-0.2, 0) is 9.59 Å². The Bertz CT molecular complexity index is 264. The van der Waals surface area contributed by atoms with Gasteiger partial charge in [-0.05, 0) is 52.7 Å². The maximum atomic E-state index is 11.9. The van der Waals surface area contributed by atoms with Crippen molar-refractivity contribution in [3.63, 3.8) is 0 Å². The summed E-state index contributed by atoms with van der Waals surface area (Å²) in [5.41, 5.74) is 0. The average molecular weight is 298 g/mol. The topological polar surface area (TPSA) is 49.4 Å². The molecule has 0 unspecified atom stereocenters. The third-order valence-corrected chi connectivity index (χ3v) is 3.89. The van der Waals surface area contributed by atoms with Crippen LogP contribution in [0.5, 0.6) is 0 Å². The van der Waals surface area contributed by atoms with Crippen molar-refractivity contribution in [2.45, 2.75) is 65.2 Å². The van der Waals surface area contributed by atoms with Crippen molar-refractivity contribution in [1.82, 2.24) is 10.2 Å². The van der Waals surface area contributed by atoms with E-state index in [9.17, 15) is 4.79 Å². The number of carbonyl (C=O) groups is 2. The fourth-order valence-corrected chi connectivity index (χ4v) is 2.61. The van der Waals surface area contributed by atoms with Crippen molar-refractivity contribution in [3.8, 4) is 0 Å². The molecule has 1 amide bonds. The maximum Gasteiger partial charge on any atom is 0.223 e. The van der Waals surface area contributed by atoms with Crippen LogP contribution in [0.15, 0.2) is 0 Å². The van der Waals surface area contributed by atoms with E-state index >= 15 is 0 Å². The number of carbonyl (C=O) groups excluding carboxylic acids is 2. The van der Waals surface area contributed by atoms with Crippen LogP contribution in [-0.4, -0.2) is 43.8 Å². The molecule has 21 heavy (non-hydrogen) atoms. The molecule has 1 aliphatic rings. The highest BCUT2D eigenvalue weighted by atomic mass is 16.1. The van der Waals surface area contributed by atoms with Crippen LogP contribution in [0.2, 0.25) is 0 Å². The van der Waals surface area contributed by atoms with E-state index in [1.807, 2.05) is 0 Å². The lowest BCUT2D eigenvalue weighted by Gasteiger charge is -2.21. The molecule has 0 heterocycles. The molecule has 4 nitrogen and oxygen atoms in total. The lowest BCUT2D eigenvalue weighted by Crippen LogP contribution is -2.34. The summed E-state index contributed by atoms with van der Waals surface area (Å²) in [4.78, 5) is 23.1. The molecule has 1 fully saturated rings. The summed E-state index contributed by atoms with van der Waals surface area (Å²) < 4.78 is 0. The summed E-state index contributed by atoms with van der Waals surface area (Å²) in [5, 5.41) is 3.10. The minimum absolute atomic E-state index is 0.297. The predicted molar refractivity (Wildman–Crippen MR) is 88.3 cm³/mol. The van der Waals surface area contributed by atoms with Gasteiger partial charge in [0.15, 0.2) is 0 Å². The Morgan fingerprint density at radius 3 is 2.33 bits per heavy atom. The van der Waals surface area contributed by atoms with Crippen molar-refractivity contribution >= 4 is 12.2 Å². The molecule has 1 N–H and O–H groups in total. The standard InChI is InChI=1S/C15H30N2O.C2H4O/c1-3-4-12-17(2)13-8-11-16-15(18)14-9-6-5-7-10-14;1-2-3/h14H,3-13H2,1-2H3,(H,16,18);2H,1H3. The monoisotopic (exact) mass is 298 g/mol. The number of amides is 1. The Morgan fingerprint density at radius 1 is 1.19 bits per heavy atom.